The van der Waals surface area contributed by atoms with Gasteiger partial charge in [0.2, 0.25) is 0 Å². The van der Waals surface area contributed by atoms with E-state index in [9.17, 15) is 0 Å². The van der Waals surface area contributed by atoms with Crippen LogP contribution in [0, 0.1) is 6.92 Å². The van der Waals surface area contributed by atoms with Crippen LogP contribution < -0.4 is 10.6 Å². The van der Waals surface area contributed by atoms with Gasteiger partial charge in [0.05, 0.1) is 13.2 Å². The Morgan fingerprint density at radius 2 is 1.71 bits per heavy atom. The fraction of sp³-hybridized carbons (Fsp3) is 0.350. The molecule has 0 amide bonds. The first-order valence-corrected chi connectivity index (χ1v) is 8.36. The first-order chi connectivity index (χ1) is 11.7. The zero-order chi connectivity index (χ0) is 17.2. The first kappa shape index (κ1) is 18.0. The van der Waals surface area contributed by atoms with E-state index in [1.807, 2.05) is 12.1 Å². The Morgan fingerprint density at radius 3 is 2.38 bits per heavy atom. The van der Waals surface area contributed by atoms with Gasteiger partial charge < -0.3 is 15.4 Å². The Labute approximate surface area is 145 Å². The summed E-state index contributed by atoms with van der Waals surface area (Å²) in [6.07, 6.45) is 0. The Bertz CT molecular complexity index is 650. The average molecular weight is 325 g/mol. The molecule has 2 N–H and O–H groups in total. The molecule has 0 saturated heterocycles. The monoisotopic (exact) mass is 325 g/mol. The van der Waals surface area contributed by atoms with Crippen LogP contribution in [-0.4, -0.2) is 19.6 Å². The van der Waals surface area contributed by atoms with Crippen molar-refractivity contribution in [3.05, 3.63) is 70.8 Å². The van der Waals surface area contributed by atoms with Crippen molar-refractivity contribution in [2.75, 3.05) is 13.7 Å². The summed E-state index contributed by atoms with van der Waals surface area (Å²) in [4.78, 5) is 4.67. The van der Waals surface area contributed by atoms with Crippen molar-refractivity contribution in [3.8, 4) is 0 Å². The molecule has 4 heteroatoms. The summed E-state index contributed by atoms with van der Waals surface area (Å²) >= 11 is 0. The highest BCUT2D eigenvalue weighted by Gasteiger charge is 2.03. The van der Waals surface area contributed by atoms with E-state index in [0.717, 1.165) is 19.0 Å². The molecule has 0 heterocycles. The van der Waals surface area contributed by atoms with Crippen LogP contribution in [0.25, 0.3) is 0 Å². The third kappa shape index (κ3) is 5.70. The van der Waals surface area contributed by atoms with Crippen molar-refractivity contribution in [2.24, 2.45) is 4.99 Å². The third-order valence-electron chi connectivity index (χ3n) is 3.75. The fourth-order valence-electron chi connectivity index (χ4n) is 2.41. The predicted molar refractivity (Wildman–Crippen MR) is 100.0 cm³/mol. The van der Waals surface area contributed by atoms with Crippen molar-refractivity contribution in [3.63, 3.8) is 0 Å². The molecule has 0 fully saturated rings. The molecular formula is C20H27N3O. The van der Waals surface area contributed by atoms with Crippen molar-refractivity contribution >= 4 is 5.96 Å². The standard InChI is InChI=1S/C20H27N3O/c1-4-21-20(22-13-17-11-9-16(2)10-12-17)23-14-18-7-5-6-8-19(18)15-24-3/h5-12H,4,13-15H2,1-3H3,(H2,21,22,23). The summed E-state index contributed by atoms with van der Waals surface area (Å²) in [5.74, 6) is 0.824. The van der Waals surface area contributed by atoms with Crippen LogP contribution in [-0.2, 0) is 24.4 Å². The summed E-state index contributed by atoms with van der Waals surface area (Å²) in [7, 11) is 1.72. The smallest absolute Gasteiger partial charge is 0.191 e. The number of guanidine groups is 1. The molecule has 0 aliphatic heterocycles. The molecule has 0 bridgehead atoms. The molecule has 0 atom stereocenters. The molecule has 0 spiro atoms. The van der Waals surface area contributed by atoms with Crippen LogP contribution in [0.3, 0.4) is 0 Å². The van der Waals surface area contributed by atoms with Gasteiger partial charge in [0.25, 0.3) is 0 Å². The van der Waals surface area contributed by atoms with E-state index < -0.39 is 0 Å². The van der Waals surface area contributed by atoms with Crippen LogP contribution in [0.15, 0.2) is 53.5 Å². The quantitative estimate of drug-likeness (QED) is 0.606. The van der Waals surface area contributed by atoms with E-state index in [1.54, 1.807) is 7.11 Å². The number of benzene rings is 2. The topological polar surface area (TPSA) is 45.7 Å². The van der Waals surface area contributed by atoms with Gasteiger partial charge in [-0.2, -0.15) is 0 Å². The van der Waals surface area contributed by atoms with E-state index in [2.05, 4.69) is 65.9 Å². The second-order valence-electron chi connectivity index (χ2n) is 5.74. The first-order valence-electron chi connectivity index (χ1n) is 8.36. The zero-order valence-electron chi connectivity index (χ0n) is 14.8. The lowest BCUT2D eigenvalue weighted by molar-refractivity contribution is 0.184. The maximum Gasteiger partial charge on any atom is 0.191 e. The van der Waals surface area contributed by atoms with Crippen molar-refractivity contribution in [1.29, 1.82) is 0 Å². The number of aryl methyl sites for hydroxylation is 1. The highest BCUT2D eigenvalue weighted by Crippen LogP contribution is 2.09. The summed E-state index contributed by atoms with van der Waals surface area (Å²) < 4.78 is 5.26. The van der Waals surface area contributed by atoms with Gasteiger partial charge in [-0.25, -0.2) is 4.99 Å². The fourth-order valence-corrected chi connectivity index (χ4v) is 2.41. The Balaban J connectivity index is 2.00. The average Bonchev–Trinajstić information content (AvgIpc) is 2.60. The summed E-state index contributed by atoms with van der Waals surface area (Å²) in [5, 5.41) is 6.69. The number of nitrogens with zero attached hydrogens (tertiary/aromatic N) is 1. The van der Waals surface area contributed by atoms with Gasteiger partial charge >= 0.3 is 0 Å². The Kier molecular flexibility index (Phi) is 7.30. The van der Waals surface area contributed by atoms with Gasteiger partial charge in [-0.1, -0.05) is 54.1 Å². The van der Waals surface area contributed by atoms with Gasteiger partial charge in [-0.05, 0) is 30.5 Å². The van der Waals surface area contributed by atoms with Gasteiger partial charge in [-0.15, -0.1) is 0 Å². The Morgan fingerprint density at radius 1 is 1.00 bits per heavy atom. The second kappa shape index (κ2) is 9.73. The molecule has 0 saturated carbocycles. The molecule has 128 valence electrons. The molecule has 2 aromatic carbocycles. The summed E-state index contributed by atoms with van der Waals surface area (Å²) in [5.41, 5.74) is 4.89. The second-order valence-corrected chi connectivity index (χ2v) is 5.74. The van der Waals surface area contributed by atoms with Gasteiger partial charge in [0.1, 0.15) is 0 Å². The van der Waals surface area contributed by atoms with Gasteiger partial charge in [0, 0.05) is 20.2 Å². The molecular weight excluding hydrogens is 298 g/mol. The van der Waals surface area contributed by atoms with E-state index in [1.165, 1.54) is 22.3 Å². The lowest BCUT2D eigenvalue weighted by Crippen LogP contribution is -2.37. The highest BCUT2D eigenvalue weighted by molar-refractivity contribution is 5.79. The van der Waals surface area contributed by atoms with Crippen LogP contribution >= 0.6 is 0 Å². The van der Waals surface area contributed by atoms with Crippen LogP contribution in [0.4, 0.5) is 0 Å². The van der Waals surface area contributed by atoms with E-state index in [-0.39, 0.29) is 0 Å². The van der Waals surface area contributed by atoms with Crippen molar-refractivity contribution in [2.45, 2.75) is 33.5 Å². The number of aliphatic imine (C=N–C) groups is 1. The molecule has 2 rings (SSSR count). The molecule has 4 nitrogen and oxygen atoms in total. The number of hydrogen-bond acceptors (Lipinski definition) is 2. The van der Waals surface area contributed by atoms with Gasteiger partial charge in [-0.3, -0.25) is 0 Å². The lowest BCUT2D eigenvalue weighted by atomic mass is 10.1. The summed E-state index contributed by atoms with van der Waals surface area (Å²) in [6.45, 7) is 7.00. The largest absolute Gasteiger partial charge is 0.380 e. The highest BCUT2D eigenvalue weighted by atomic mass is 16.5. The predicted octanol–water partition coefficient (Wildman–Crippen LogP) is 3.40. The SMILES string of the molecule is CCNC(=NCc1ccc(C)cc1)NCc1ccccc1COC. The van der Waals surface area contributed by atoms with Crippen LogP contribution in [0.1, 0.15) is 29.2 Å². The zero-order valence-corrected chi connectivity index (χ0v) is 14.8. The third-order valence-corrected chi connectivity index (χ3v) is 3.75. The number of ether oxygens (including phenoxy) is 1. The number of methoxy groups -OCH3 is 1. The maximum atomic E-state index is 5.26. The molecule has 24 heavy (non-hydrogen) atoms. The van der Waals surface area contributed by atoms with E-state index >= 15 is 0 Å². The lowest BCUT2D eigenvalue weighted by Gasteiger charge is -2.14. The van der Waals surface area contributed by atoms with Crippen molar-refractivity contribution < 1.29 is 4.74 Å². The summed E-state index contributed by atoms with van der Waals surface area (Å²) in [6, 6.07) is 16.8. The van der Waals surface area contributed by atoms with Gasteiger partial charge in [0.15, 0.2) is 5.96 Å². The molecule has 0 aliphatic carbocycles. The number of hydrogen-bond donors (Lipinski definition) is 2. The van der Waals surface area contributed by atoms with Crippen LogP contribution in [0.2, 0.25) is 0 Å². The molecule has 0 radical (unpaired) electrons. The molecule has 2 aromatic rings. The normalized spacial score (nSPS) is 11.4. The van der Waals surface area contributed by atoms with Crippen LogP contribution in [0.5, 0.6) is 0 Å². The maximum absolute atomic E-state index is 5.26. The Hall–Kier alpha value is -2.33. The molecule has 0 aliphatic rings. The molecule has 0 aromatic heterocycles. The van der Waals surface area contributed by atoms with E-state index in [4.69, 9.17) is 4.74 Å². The van der Waals surface area contributed by atoms with Crippen molar-refractivity contribution in [1.82, 2.24) is 10.6 Å². The minimum atomic E-state index is 0.620. The number of nitrogens with one attached hydrogen (secondary N) is 2. The molecule has 0 unspecified atom stereocenters. The number of rotatable bonds is 7. The van der Waals surface area contributed by atoms with E-state index in [0.29, 0.717) is 13.2 Å². The minimum absolute atomic E-state index is 0.620. The minimum Gasteiger partial charge on any atom is -0.380 e.